The Morgan fingerprint density at radius 1 is 0.458 bits per heavy atom. The van der Waals surface area contributed by atoms with E-state index in [0.29, 0.717) is 0 Å². The Labute approximate surface area is 347 Å². The van der Waals surface area contributed by atoms with Gasteiger partial charge in [-0.2, -0.15) is 0 Å². The van der Waals surface area contributed by atoms with Crippen molar-refractivity contribution < 1.29 is 4.74 Å². The van der Waals surface area contributed by atoms with Crippen LogP contribution < -0.4 is 9.64 Å². The van der Waals surface area contributed by atoms with Crippen molar-refractivity contribution in [2.75, 3.05) is 4.90 Å². The first-order chi connectivity index (χ1) is 29.2. The van der Waals surface area contributed by atoms with Gasteiger partial charge in [-0.15, -0.1) is 0 Å². The molecule has 1 spiro atoms. The van der Waals surface area contributed by atoms with Crippen molar-refractivity contribution in [1.29, 1.82) is 0 Å². The summed E-state index contributed by atoms with van der Waals surface area (Å²) in [4.78, 5) is 2.32. The van der Waals surface area contributed by atoms with Crippen molar-refractivity contribution in [3.63, 3.8) is 0 Å². The number of fused-ring (bicyclic) bond motifs is 11. The van der Waals surface area contributed by atoms with Gasteiger partial charge in [-0.25, -0.2) is 0 Å². The van der Waals surface area contributed by atoms with Crippen LogP contribution in [0.25, 0.3) is 38.6 Å². The highest BCUT2D eigenvalue weighted by atomic mass is 16.5. The van der Waals surface area contributed by atoms with Gasteiger partial charge >= 0.3 is 0 Å². The number of ether oxygens (including phenoxy) is 1. The quantitative estimate of drug-likeness (QED) is 0.174. The number of aromatic nitrogens is 1. The summed E-state index contributed by atoms with van der Waals surface area (Å²) in [6.07, 6.45) is 7.14. The molecule has 9 aromatic rings. The van der Waals surface area contributed by atoms with Gasteiger partial charge in [0.25, 0.3) is 0 Å². The van der Waals surface area contributed by atoms with Crippen molar-refractivity contribution in [1.82, 2.24) is 4.57 Å². The molecular formula is C56H48N2O. The molecule has 3 heteroatoms. The van der Waals surface area contributed by atoms with Crippen molar-refractivity contribution in [2.45, 2.75) is 51.4 Å². The molecule has 288 valence electrons. The van der Waals surface area contributed by atoms with E-state index in [4.69, 9.17) is 4.74 Å². The molecule has 2 aliphatic heterocycles. The predicted octanol–water partition coefficient (Wildman–Crippen LogP) is 15.7. The summed E-state index contributed by atoms with van der Waals surface area (Å²) >= 11 is 0. The van der Waals surface area contributed by atoms with Crippen molar-refractivity contribution >= 4 is 38.9 Å². The Bertz CT molecular complexity index is 2900. The molecule has 3 aliphatic rings. The van der Waals surface area contributed by atoms with Crippen molar-refractivity contribution in [2.24, 2.45) is 0 Å². The average molecular weight is 765 g/mol. The lowest BCUT2D eigenvalue weighted by molar-refractivity contribution is 0.434. The van der Waals surface area contributed by atoms with Gasteiger partial charge in [0.1, 0.15) is 11.5 Å². The van der Waals surface area contributed by atoms with Crippen LogP contribution in [-0.2, 0) is 5.41 Å². The minimum absolute atomic E-state index is 0.599. The van der Waals surface area contributed by atoms with Crippen LogP contribution in [-0.4, -0.2) is 4.57 Å². The zero-order valence-electron chi connectivity index (χ0n) is 33.8. The Morgan fingerprint density at radius 2 is 1.02 bits per heavy atom. The Kier molecular flexibility index (Phi) is 9.58. The van der Waals surface area contributed by atoms with E-state index in [-0.39, 0.29) is 0 Å². The van der Waals surface area contributed by atoms with E-state index in [1.807, 2.05) is 0 Å². The zero-order chi connectivity index (χ0) is 39.8. The van der Waals surface area contributed by atoms with Gasteiger partial charge < -0.3 is 14.2 Å². The third-order valence-electron chi connectivity index (χ3n) is 11.9. The summed E-state index contributed by atoms with van der Waals surface area (Å²) in [7, 11) is 0. The van der Waals surface area contributed by atoms with Crippen molar-refractivity contribution in [3.05, 3.63) is 216 Å². The van der Waals surface area contributed by atoms with E-state index < -0.39 is 5.41 Å². The molecule has 1 unspecified atom stereocenters. The lowest BCUT2D eigenvalue weighted by Gasteiger charge is -2.45. The Hall–Kier alpha value is -6.84. The topological polar surface area (TPSA) is 17.4 Å². The largest absolute Gasteiger partial charge is 0.457 e. The molecule has 1 fully saturated rings. The van der Waals surface area contributed by atoms with Gasteiger partial charge in [0.15, 0.2) is 0 Å². The van der Waals surface area contributed by atoms with Gasteiger partial charge in [0, 0.05) is 45.0 Å². The summed E-state index contributed by atoms with van der Waals surface area (Å²) in [6, 6.07) is 69.9. The van der Waals surface area contributed by atoms with Crippen LogP contribution in [0.1, 0.15) is 68.2 Å². The normalized spacial score (nSPS) is 15.1. The lowest BCUT2D eigenvalue weighted by atomic mass is 9.62. The second-order valence-corrected chi connectivity index (χ2v) is 15.7. The minimum atomic E-state index is -0.599. The standard InChI is InChI=1S/C49H32N2O.C4H10.C3H6/c1-3-14-33(15-4-1)34-26-28-36(29-27-34)50(35-16-5-2-6-17-35)37-30-31-42-47(32-37)52-46-25-12-9-21-41(46)49(42)40-20-8-11-24-45(40)51-44-23-10-7-18-38(44)39-19-13-22-43(49)48(39)51;1-3-4-2;1-2-3-1/h1-32H;3-4H2,1-2H3;1-3H2. The van der Waals surface area contributed by atoms with Gasteiger partial charge in [-0.05, 0) is 70.8 Å². The molecule has 3 heterocycles. The summed E-state index contributed by atoms with van der Waals surface area (Å²) in [5.74, 6) is 1.73. The SMILES string of the molecule is C1CC1.CCCC.c1ccc(-c2ccc(N(c3ccccc3)c3ccc4c(c3)Oc3ccccc3C43c4ccccc4-n4c5ccccc5c5cccc3c54)cc2)cc1. The van der Waals surface area contributed by atoms with Crippen LogP contribution in [0.3, 0.4) is 0 Å². The first kappa shape index (κ1) is 36.5. The smallest absolute Gasteiger partial charge is 0.134 e. The monoisotopic (exact) mass is 764 g/mol. The molecule has 0 bridgehead atoms. The van der Waals surface area contributed by atoms with Gasteiger partial charge in [0.2, 0.25) is 0 Å². The van der Waals surface area contributed by atoms with E-state index in [9.17, 15) is 0 Å². The molecule has 0 amide bonds. The summed E-state index contributed by atoms with van der Waals surface area (Å²) < 4.78 is 9.44. The third-order valence-corrected chi connectivity index (χ3v) is 11.9. The predicted molar refractivity (Wildman–Crippen MR) is 247 cm³/mol. The minimum Gasteiger partial charge on any atom is -0.457 e. The highest BCUT2D eigenvalue weighted by Gasteiger charge is 2.50. The molecule has 12 rings (SSSR count). The number of rotatable bonds is 5. The fourth-order valence-corrected chi connectivity index (χ4v) is 8.91. The lowest BCUT2D eigenvalue weighted by Crippen LogP contribution is -2.37. The van der Waals surface area contributed by atoms with Crippen LogP contribution in [0.4, 0.5) is 17.1 Å². The number of benzene rings is 8. The molecule has 0 saturated heterocycles. The maximum Gasteiger partial charge on any atom is 0.134 e. The van der Waals surface area contributed by atoms with E-state index in [1.54, 1.807) is 0 Å². The highest BCUT2D eigenvalue weighted by molar-refractivity contribution is 6.12. The number of hydrogen-bond donors (Lipinski definition) is 0. The maximum atomic E-state index is 6.97. The molecule has 59 heavy (non-hydrogen) atoms. The van der Waals surface area contributed by atoms with Gasteiger partial charge in [-0.3, -0.25) is 0 Å². The second kappa shape index (κ2) is 15.5. The maximum absolute atomic E-state index is 6.97. The first-order valence-electron chi connectivity index (χ1n) is 21.3. The van der Waals surface area contributed by atoms with Crippen LogP contribution >= 0.6 is 0 Å². The highest BCUT2D eigenvalue weighted by Crippen LogP contribution is 2.60. The van der Waals surface area contributed by atoms with E-state index in [1.165, 1.54) is 81.9 Å². The Morgan fingerprint density at radius 3 is 1.76 bits per heavy atom. The van der Waals surface area contributed by atoms with Crippen molar-refractivity contribution in [3.8, 4) is 28.3 Å². The molecule has 1 aromatic heterocycles. The fraction of sp³-hybridized carbons (Fsp3) is 0.143. The molecule has 8 aromatic carbocycles. The summed E-state index contributed by atoms with van der Waals surface area (Å²) in [5, 5.41) is 2.53. The molecule has 1 atom stereocenters. The first-order valence-corrected chi connectivity index (χ1v) is 21.3. The summed E-state index contributed by atoms with van der Waals surface area (Å²) in [6.45, 7) is 4.36. The second-order valence-electron chi connectivity index (χ2n) is 15.7. The summed E-state index contributed by atoms with van der Waals surface area (Å²) in [5.41, 5.74) is 13.5. The zero-order valence-corrected chi connectivity index (χ0v) is 33.8. The number of hydrogen-bond acceptors (Lipinski definition) is 2. The number of nitrogens with zero attached hydrogens (tertiary/aromatic N) is 2. The van der Waals surface area contributed by atoms with E-state index >= 15 is 0 Å². The Balaban J connectivity index is 0.000000554. The van der Waals surface area contributed by atoms with Crippen LogP contribution in [0.15, 0.2) is 194 Å². The van der Waals surface area contributed by atoms with Crippen LogP contribution in [0.5, 0.6) is 11.5 Å². The van der Waals surface area contributed by atoms with Gasteiger partial charge in [-0.1, -0.05) is 185 Å². The molecule has 0 radical (unpaired) electrons. The molecule has 0 N–H and O–H groups in total. The van der Waals surface area contributed by atoms with E-state index in [2.05, 4.69) is 217 Å². The third kappa shape index (κ3) is 6.20. The molecule has 1 aliphatic carbocycles. The fourth-order valence-electron chi connectivity index (χ4n) is 8.91. The average Bonchev–Trinajstić information content (AvgIpc) is 4.17. The molecule has 3 nitrogen and oxygen atoms in total. The van der Waals surface area contributed by atoms with Crippen LogP contribution in [0.2, 0.25) is 0 Å². The van der Waals surface area contributed by atoms with E-state index in [0.717, 1.165) is 39.7 Å². The molecule has 1 saturated carbocycles. The molecular weight excluding hydrogens is 717 g/mol. The van der Waals surface area contributed by atoms with Gasteiger partial charge in [0.05, 0.1) is 22.1 Å². The van der Waals surface area contributed by atoms with Crippen LogP contribution in [0, 0.1) is 0 Å². The number of unbranched alkanes of at least 4 members (excludes halogenated alkanes) is 1. The number of anilines is 3. The number of para-hydroxylation sites is 5.